The van der Waals surface area contributed by atoms with Crippen LogP contribution in [-0.2, 0) is 34.0 Å². The summed E-state index contributed by atoms with van der Waals surface area (Å²) in [5, 5.41) is 9.44. The summed E-state index contributed by atoms with van der Waals surface area (Å²) in [5.74, 6) is 1.41. The molecule has 1 unspecified atom stereocenters. The van der Waals surface area contributed by atoms with Gasteiger partial charge in [0.25, 0.3) is 8.53 Å². The Hall–Kier alpha value is -5.30. The van der Waals surface area contributed by atoms with Crippen LogP contribution in [0.1, 0.15) is 63.5 Å². The van der Waals surface area contributed by atoms with E-state index in [-0.39, 0.29) is 36.6 Å². The molecule has 0 N–H and O–H groups in total. The number of rotatable bonds is 19. The Labute approximate surface area is 370 Å². The number of hydrogen-bond acceptors (Lipinski definition) is 13. The Bertz CT molecular complexity index is 2550. The maximum atomic E-state index is 12.5. The molecule has 0 saturated carbocycles. The molecule has 14 nitrogen and oxygen atoms in total. The molecular formula is C47H53N6O8PS. The van der Waals surface area contributed by atoms with Crippen molar-refractivity contribution in [2.24, 2.45) is 0 Å². The average molecular weight is 893 g/mol. The van der Waals surface area contributed by atoms with E-state index in [0.717, 1.165) is 16.7 Å². The summed E-state index contributed by atoms with van der Waals surface area (Å²) in [5.41, 5.74) is 3.56. The number of ether oxygens (including phenoxy) is 4. The minimum Gasteiger partial charge on any atom is -0.497 e. The molecule has 0 radical (unpaired) electrons. The zero-order valence-corrected chi connectivity index (χ0v) is 38.2. The third kappa shape index (κ3) is 9.93. The van der Waals surface area contributed by atoms with Crippen molar-refractivity contribution < 1.29 is 36.4 Å². The molecule has 7 rings (SSSR count). The minimum absolute atomic E-state index is 0.0656. The van der Waals surface area contributed by atoms with Crippen molar-refractivity contribution in [3.8, 4) is 28.8 Å². The lowest BCUT2D eigenvalue weighted by Crippen LogP contribution is -2.39. The number of benzene rings is 4. The summed E-state index contributed by atoms with van der Waals surface area (Å²) in [7, 11) is -1.87. The number of nitrogens with zero attached hydrogens (tertiary/aromatic N) is 6. The monoisotopic (exact) mass is 892 g/mol. The first kappa shape index (κ1) is 45.7. The van der Waals surface area contributed by atoms with Crippen molar-refractivity contribution in [3.05, 3.63) is 132 Å². The normalized spacial score (nSPS) is 17.4. The van der Waals surface area contributed by atoms with E-state index in [0.29, 0.717) is 40.3 Å². The Morgan fingerprint density at radius 2 is 1.51 bits per heavy atom. The van der Waals surface area contributed by atoms with Gasteiger partial charge < -0.3 is 28.0 Å². The van der Waals surface area contributed by atoms with Crippen LogP contribution in [0.25, 0.3) is 22.4 Å². The molecule has 0 aliphatic carbocycles. The van der Waals surface area contributed by atoms with Gasteiger partial charge in [0.05, 0.1) is 57.3 Å². The van der Waals surface area contributed by atoms with Crippen LogP contribution >= 0.6 is 8.53 Å². The summed E-state index contributed by atoms with van der Waals surface area (Å²) < 4.78 is 68.0. The van der Waals surface area contributed by atoms with E-state index in [4.69, 9.17) is 33.0 Å². The molecule has 330 valence electrons. The first-order valence-electron chi connectivity index (χ1n) is 20.7. The quantitative estimate of drug-likeness (QED) is 0.0431. The van der Waals surface area contributed by atoms with Gasteiger partial charge in [0.15, 0.2) is 15.5 Å². The minimum atomic E-state index is -3.47. The van der Waals surface area contributed by atoms with Gasteiger partial charge in [-0.2, -0.15) is 5.26 Å². The highest BCUT2D eigenvalue weighted by Crippen LogP contribution is 2.51. The second kappa shape index (κ2) is 20.0. The fourth-order valence-corrected chi connectivity index (χ4v) is 10.4. The van der Waals surface area contributed by atoms with E-state index in [9.17, 15) is 13.7 Å². The first-order chi connectivity index (χ1) is 30.4. The molecule has 4 atom stereocenters. The predicted molar refractivity (Wildman–Crippen MR) is 241 cm³/mol. The SMILES string of the molecule is COc1ccc(C(OC[C@H]2O[C@@H](n3cnc4c(-c5cccc(S(C)(=O)=O)c5)ncnc43)C[C@@H]2OP(OCCC#N)N(C(C)C)C(C)C)(c2ccccc2)c2ccc(OC)cc2)cc1. The van der Waals surface area contributed by atoms with Crippen LogP contribution in [0, 0.1) is 11.3 Å². The summed E-state index contributed by atoms with van der Waals surface area (Å²) >= 11 is 0. The maximum Gasteiger partial charge on any atom is 0.259 e. The van der Waals surface area contributed by atoms with Gasteiger partial charge in [-0.3, -0.25) is 4.57 Å². The highest BCUT2D eigenvalue weighted by atomic mass is 32.2. The lowest BCUT2D eigenvalue weighted by molar-refractivity contribution is -0.0912. The van der Waals surface area contributed by atoms with Crippen molar-refractivity contribution >= 4 is 29.5 Å². The Morgan fingerprint density at radius 1 is 0.873 bits per heavy atom. The fraction of sp³-hybridized carbons (Fsp3) is 0.362. The highest BCUT2D eigenvalue weighted by molar-refractivity contribution is 7.90. The zero-order valence-electron chi connectivity index (χ0n) is 36.5. The number of aromatic nitrogens is 4. The van der Waals surface area contributed by atoms with Crippen molar-refractivity contribution in [1.29, 1.82) is 5.26 Å². The summed E-state index contributed by atoms with van der Waals surface area (Å²) in [4.78, 5) is 14.1. The van der Waals surface area contributed by atoms with Gasteiger partial charge in [-0.05, 0) is 80.8 Å². The zero-order chi connectivity index (χ0) is 44.7. The van der Waals surface area contributed by atoms with Crippen LogP contribution in [0.5, 0.6) is 11.5 Å². The smallest absolute Gasteiger partial charge is 0.259 e. The predicted octanol–water partition coefficient (Wildman–Crippen LogP) is 8.87. The Balaban J connectivity index is 1.31. The third-order valence-corrected chi connectivity index (χ3v) is 14.2. The van der Waals surface area contributed by atoms with E-state index in [1.165, 1.54) is 12.6 Å². The molecule has 6 aromatic rings. The molecular weight excluding hydrogens is 840 g/mol. The number of nitriles is 1. The molecule has 1 saturated heterocycles. The number of hydrogen-bond donors (Lipinski definition) is 0. The van der Waals surface area contributed by atoms with Gasteiger partial charge >= 0.3 is 0 Å². The van der Waals surface area contributed by atoms with Gasteiger partial charge in [-0.1, -0.05) is 66.7 Å². The van der Waals surface area contributed by atoms with Crippen LogP contribution in [0.15, 0.2) is 121 Å². The number of methoxy groups -OCH3 is 2. The lowest BCUT2D eigenvalue weighted by atomic mass is 9.80. The van der Waals surface area contributed by atoms with Gasteiger partial charge in [-0.15, -0.1) is 0 Å². The van der Waals surface area contributed by atoms with E-state index >= 15 is 0 Å². The molecule has 0 spiro atoms. The Kier molecular flexibility index (Phi) is 14.5. The maximum absolute atomic E-state index is 12.5. The molecule has 1 fully saturated rings. The second-order valence-corrected chi connectivity index (χ2v) is 19.1. The Morgan fingerprint density at radius 3 is 2.10 bits per heavy atom. The van der Waals surface area contributed by atoms with Crippen LogP contribution in [0.3, 0.4) is 0 Å². The highest BCUT2D eigenvalue weighted by Gasteiger charge is 2.45. The number of sulfone groups is 1. The standard InChI is InChI=1S/C47H53N6O8PS/c1-32(2)53(33(3)4)62(59-26-12-25-48)61-41-28-43(52-31-51-45-44(49-30-50-46(45)52)34-13-11-16-40(27-34)63(7,54)55)60-42(41)29-58-47(35-14-9-8-10-15-35,36-17-21-38(56-5)22-18-36)37-19-23-39(57-6)24-20-37/h8-11,13-24,27,30-33,41-43H,12,26,28-29H2,1-7H3/t41-,42+,43+,62?/m0/s1. The molecule has 1 aliphatic heterocycles. The molecule has 63 heavy (non-hydrogen) atoms. The molecule has 1 aliphatic rings. The van der Waals surface area contributed by atoms with Crippen LogP contribution in [0.2, 0.25) is 0 Å². The largest absolute Gasteiger partial charge is 0.497 e. The second-order valence-electron chi connectivity index (χ2n) is 15.7. The number of fused-ring (bicyclic) bond motifs is 1. The van der Waals surface area contributed by atoms with E-state index in [1.54, 1.807) is 44.8 Å². The van der Waals surface area contributed by atoms with Gasteiger partial charge in [0, 0.05) is 30.3 Å². The van der Waals surface area contributed by atoms with E-state index in [2.05, 4.69) is 48.4 Å². The van der Waals surface area contributed by atoms with Crippen molar-refractivity contribution in [2.75, 3.05) is 33.7 Å². The molecule has 0 amide bonds. The molecule has 4 aromatic carbocycles. The van der Waals surface area contributed by atoms with E-state index < -0.39 is 42.4 Å². The summed E-state index contributed by atoms with van der Waals surface area (Å²) in [6.07, 6.45) is 3.03. The molecule has 0 bridgehead atoms. The molecule has 2 aromatic heterocycles. The molecule has 16 heteroatoms. The van der Waals surface area contributed by atoms with E-state index in [1.807, 2.05) is 83.4 Å². The van der Waals surface area contributed by atoms with Gasteiger partial charge in [0.2, 0.25) is 0 Å². The summed E-state index contributed by atoms with van der Waals surface area (Å²) in [6.45, 7) is 8.66. The average Bonchev–Trinajstić information content (AvgIpc) is 3.91. The number of imidazole rings is 1. The van der Waals surface area contributed by atoms with Crippen molar-refractivity contribution in [2.45, 2.75) is 81.6 Å². The third-order valence-electron chi connectivity index (χ3n) is 10.9. The summed E-state index contributed by atoms with van der Waals surface area (Å²) in [6, 6.07) is 34.7. The van der Waals surface area contributed by atoms with Gasteiger partial charge in [0.1, 0.15) is 47.0 Å². The fourth-order valence-electron chi connectivity index (χ4n) is 7.97. The van der Waals surface area contributed by atoms with Crippen LogP contribution in [0.4, 0.5) is 0 Å². The first-order valence-corrected chi connectivity index (χ1v) is 23.8. The van der Waals surface area contributed by atoms with Crippen LogP contribution in [-0.4, -0.2) is 90.6 Å². The lowest BCUT2D eigenvalue weighted by Gasteiger charge is -2.39. The molecule has 3 heterocycles. The van der Waals surface area contributed by atoms with Crippen LogP contribution < -0.4 is 9.47 Å². The van der Waals surface area contributed by atoms with Crippen molar-refractivity contribution in [1.82, 2.24) is 24.2 Å². The van der Waals surface area contributed by atoms with Crippen molar-refractivity contribution in [3.63, 3.8) is 0 Å². The topological polar surface area (TPSA) is 160 Å². The van der Waals surface area contributed by atoms with Gasteiger partial charge in [-0.25, -0.2) is 28.0 Å².